The van der Waals surface area contributed by atoms with E-state index in [0.29, 0.717) is 0 Å². The lowest BCUT2D eigenvalue weighted by atomic mass is 10.1. The Bertz CT molecular complexity index is 437. The second-order valence-electron chi connectivity index (χ2n) is 3.70. The number of hydrogen-bond donors (Lipinski definition) is 1. The normalized spacial score (nSPS) is 12.6. The summed E-state index contributed by atoms with van der Waals surface area (Å²) in [6.07, 6.45) is 7.99. The minimum Gasteiger partial charge on any atom is -0.313 e. The van der Waals surface area contributed by atoms with E-state index in [2.05, 4.69) is 20.4 Å². The number of nitrogens with one attached hydrogen (secondary N) is 1. The monoisotopic (exact) mass is 217 g/mol. The Morgan fingerprint density at radius 2 is 2.12 bits per heavy atom. The maximum absolute atomic E-state index is 4.36. The molecular formula is C11H15N5. The summed E-state index contributed by atoms with van der Waals surface area (Å²) in [7, 11) is 3.85. The van der Waals surface area contributed by atoms with Crippen LogP contribution in [0.5, 0.6) is 0 Å². The molecule has 0 spiro atoms. The molecule has 5 heteroatoms. The van der Waals surface area contributed by atoms with Crippen molar-refractivity contribution in [1.82, 2.24) is 25.1 Å². The van der Waals surface area contributed by atoms with Gasteiger partial charge >= 0.3 is 0 Å². The van der Waals surface area contributed by atoms with Gasteiger partial charge < -0.3 is 5.32 Å². The molecule has 84 valence electrons. The summed E-state index contributed by atoms with van der Waals surface area (Å²) in [6, 6.07) is 2.23. The predicted octanol–water partition coefficient (Wildman–Crippen LogP) is 0.713. The molecule has 0 saturated heterocycles. The van der Waals surface area contributed by atoms with E-state index in [1.807, 2.05) is 43.4 Å². The van der Waals surface area contributed by atoms with Crippen molar-refractivity contribution in [3.63, 3.8) is 0 Å². The Hall–Kier alpha value is -1.75. The van der Waals surface area contributed by atoms with Gasteiger partial charge in [0, 0.05) is 43.7 Å². The standard InChI is InChI=1S/C11H15N5/c1-12-11(9-6-13-8-14-7-9)5-10-3-4-16(2)15-10/h3-4,6-8,11-12H,5H2,1-2H3. The number of aryl methyl sites for hydroxylation is 1. The number of likely N-dealkylation sites (N-methyl/N-ethyl adjacent to an activating group) is 1. The summed E-state index contributed by atoms with van der Waals surface area (Å²) in [5, 5.41) is 7.61. The van der Waals surface area contributed by atoms with Crippen LogP contribution in [-0.2, 0) is 13.5 Å². The van der Waals surface area contributed by atoms with Crippen LogP contribution in [0.15, 0.2) is 31.0 Å². The third-order valence-electron chi connectivity index (χ3n) is 2.51. The van der Waals surface area contributed by atoms with Crippen molar-refractivity contribution in [1.29, 1.82) is 0 Å². The highest BCUT2D eigenvalue weighted by molar-refractivity contribution is 5.13. The molecular weight excluding hydrogens is 202 g/mol. The minimum atomic E-state index is 0.205. The van der Waals surface area contributed by atoms with Gasteiger partial charge in [-0.1, -0.05) is 0 Å². The fourth-order valence-electron chi connectivity index (χ4n) is 1.66. The number of hydrogen-bond acceptors (Lipinski definition) is 4. The first kappa shape index (κ1) is 10.8. The summed E-state index contributed by atoms with van der Waals surface area (Å²) >= 11 is 0. The van der Waals surface area contributed by atoms with Crippen molar-refractivity contribution in [3.8, 4) is 0 Å². The van der Waals surface area contributed by atoms with Crippen LogP contribution in [0.4, 0.5) is 0 Å². The van der Waals surface area contributed by atoms with Gasteiger partial charge in [-0.15, -0.1) is 0 Å². The Balaban J connectivity index is 2.12. The van der Waals surface area contributed by atoms with Gasteiger partial charge in [0.1, 0.15) is 6.33 Å². The first-order valence-corrected chi connectivity index (χ1v) is 5.20. The van der Waals surface area contributed by atoms with Crippen molar-refractivity contribution in [3.05, 3.63) is 42.2 Å². The molecule has 0 fully saturated rings. The van der Waals surface area contributed by atoms with Crippen molar-refractivity contribution >= 4 is 0 Å². The highest BCUT2D eigenvalue weighted by Gasteiger charge is 2.11. The fraction of sp³-hybridized carbons (Fsp3) is 0.364. The molecule has 1 atom stereocenters. The molecule has 2 aromatic rings. The molecule has 0 saturated carbocycles. The molecule has 0 aliphatic rings. The highest BCUT2D eigenvalue weighted by atomic mass is 15.2. The minimum absolute atomic E-state index is 0.205. The van der Waals surface area contributed by atoms with E-state index in [-0.39, 0.29) is 6.04 Å². The van der Waals surface area contributed by atoms with Gasteiger partial charge in [0.05, 0.1) is 5.69 Å². The molecule has 0 amide bonds. The molecule has 2 heterocycles. The molecule has 16 heavy (non-hydrogen) atoms. The molecule has 0 radical (unpaired) electrons. The van der Waals surface area contributed by atoms with Gasteiger partial charge in [0.25, 0.3) is 0 Å². The van der Waals surface area contributed by atoms with Gasteiger partial charge in [0.15, 0.2) is 0 Å². The van der Waals surface area contributed by atoms with Crippen molar-refractivity contribution in [2.75, 3.05) is 7.05 Å². The van der Waals surface area contributed by atoms with E-state index in [9.17, 15) is 0 Å². The lowest BCUT2D eigenvalue weighted by molar-refractivity contribution is 0.573. The number of rotatable bonds is 4. The lowest BCUT2D eigenvalue weighted by Crippen LogP contribution is -2.19. The van der Waals surface area contributed by atoms with Crippen LogP contribution in [0.3, 0.4) is 0 Å². The molecule has 2 aromatic heterocycles. The molecule has 0 aliphatic heterocycles. The number of nitrogens with zero attached hydrogens (tertiary/aromatic N) is 4. The van der Waals surface area contributed by atoms with Gasteiger partial charge in [-0.25, -0.2) is 9.97 Å². The van der Waals surface area contributed by atoms with E-state index >= 15 is 0 Å². The van der Waals surface area contributed by atoms with Crippen LogP contribution in [-0.4, -0.2) is 26.8 Å². The summed E-state index contributed by atoms with van der Waals surface area (Å²) in [5.74, 6) is 0. The van der Waals surface area contributed by atoms with Gasteiger partial charge in [-0.3, -0.25) is 4.68 Å². The molecule has 0 aliphatic carbocycles. The van der Waals surface area contributed by atoms with Crippen LogP contribution in [0.2, 0.25) is 0 Å². The average Bonchev–Trinajstić information content (AvgIpc) is 2.73. The second kappa shape index (κ2) is 4.85. The number of aromatic nitrogens is 4. The van der Waals surface area contributed by atoms with E-state index in [4.69, 9.17) is 0 Å². The SMILES string of the molecule is CNC(Cc1ccn(C)n1)c1cncnc1. The van der Waals surface area contributed by atoms with E-state index in [1.165, 1.54) is 6.33 Å². The Morgan fingerprint density at radius 1 is 1.38 bits per heavy atom. The maximum Gasteiger partial charge on any atom is 0.115 e. The first-order chi connectivity index (χ1) is 7.79. The van der Waals surface area contributed by atoms with Crippen LogP contribution in [0, 0.1) is 0 Å². The third-order valence-corrected chi connectivity index (χ3v) is 2.51. The summed E-state index contributed by atoms with van der Waals surface area (Å²) in [5.41, 5.74) is 2.14. The quantitative estimate of drug-likeness (QED) is 0.819. The van der Waals surface area contributed by atoms with Crippen molar-refractivity contribution in [2.45, 2.75) is 12.5 Å². The summed E-state index contributed by atoms with van der Waals surface area (Å²) in [4.78, 5) is 8.05. The van der Waals surface area contributed by atoms with Crippen LogP contribution < -0.4 is 5.32 Å². The van der Waals surface area contributed by atoms with Gasteiger partial charge in [0.2, 0.25) is 0 Å². The zero-order valence-electron chi connectivity index (χ0n) is 9.46. The Labute approximate surface area is 94.5 Å². The second-order valence-corrected chi connectivity index (χ2v) is 3.70. The molecule has 5 nitrogen and oxygen atoms in total. The highest BCUT2D eigenvalue weighted by Crippen LogP contribution is 2.14. The van der Waals surface area contributed by atoms with Crippen molar-refractivity contribution < 1.29 is 0 Å². The van der Waals surface area contributed by atoms with Crippen molar-refractivity contribution in [2.24, 2.45) is 7.05 Å². The summed E-state index contributed by atoms with van der Waals surface area (Å²) < 4.78 is 1.81. The molecule has 1 N–H and O–H groups in total. The Morgan fingerprint density at radius 3 is 2.69 bits per heavy atom. The molecule has 0 aromatic carbocycles. The fourth-order valence-corrected chi connectivity index (χ4v) is 1.66. The average molecular weight is 217 g/mol. The van der Waals surface area contributed by atoms with E-state index < -0.39 is 0 Å². The van der Waals surface area contributed by atoms with Crippen LogP contribution in [0.25, 0.3) is 0 Å². The van der Waals surface area contributed by atoms with Crippen LogP contribution >= 0.6 is 0 Å². The zero-order valence-corrected chi connectivity index (χ0v) is 9.46. The lowest BCUT2D eigenvalue weighted by Gasteiger charge is -2.14. The third kappa shape index (κ3) is 2.43. The zero-order chi connectivity index (χ0) is 11.4. The maximum atomic E-state index is 4.36. The van der Waals surface area contributed by atoms with E-state index in [0.717, 1.165) is 17.7 Å². The molecule has 0 bridgehead atoms. The molecule has 1 unspecified atom stereocenters. The summed E-state index contributed by atoms with van der Waals surface area (Å²) in [6.45, 7) is 0. The van der Waals surface area contributed by atoms with Gasteiger partial charge in [-0.05, 0) is 13.1 Å². The topological polar surface area (TPSA) is 55.6 Å². The predicted molar refractivity (Wildman–Crippen MR) is 60.7 cm³/mol. The molecule has 2 rings (SSSR count). The Kier molecular flexibility index (Phi) is 3.26. The van der Waals surface area contributed by atoms with Gasteiger partial charge in [-0.2, -0.15) is 5.10 Å². The largest absolute Gasteiger partial charge is 0.313 e. The smallest absolute Gasteiger partial charge is 0.115 e. The van der Waals surface area contributed by atoms with Crippen LogP contribution in [0.1, 0.15) is 17.3 Å². The first-order valence-electron chi connectivity index (χ1n) is 5.20. The van der Waals surface area contributed by atoms with E-state index in [1.54, 1.807) is 0 Å².